The average Bonchev–Trinajstić information content (AvgIpc) is 2.90. The van der Waals surface area contributed by atoms with Crippen molar-refractivity contribution in [2.75, 3.05) is 55.6 Å². The van der Waals surface area contributed by atoms with Gasteiger partial charge in [0.25, 0.3) is 0 Å². The van der Waals surface area contributed by atoms with Crippen molar-refractivity contribution in [2.45, 2.75) is 20.3 Å². The number of methoxy groups -OCH3 is 4. The van der Waals surface area contributed by atoms with Crippen LogP contribution in [-0.4, -0.2) is 66.5 Å². The maximum atomic E-state index is 13.4. The number of carbonyl (C=O) groups is 1. The van der Waals surface area contributed by atoms with Crippen molar-refractivity contribution in [2.24, 2.45) is 0 Å². The molecule has 0 aliphatic carbocycles. The van der Waals surface area contributed by atoms with Crippen LogP contribution in [0.5, 0.6) is 28.7 Å². The van der Waals surface area contributed by atoms with E-state index in [0.29, 0.717) is 34.8 Å². The number of carbonyl (C=O) groups excluding carboxylic acids is 1. The number of ether oxygens (including phenoxy) is 8. The number of ketones is 1. The molecule has 0 heterocycles. The minimum Gasteiger partial charge on any atom is -0.507 e. The molecule has 10 nitrogen and oxygen atoms in total. The molecule has 2 aromatic rings. The van der Waals surface area contributed by atoms with Crippen molar-refractivity contribution in [1.82, 2.24) is 0 Å². The Bertz CT molecular complexity index is 1100. The summed E-state index contributed by atoms with van der Waals surface area (Å²) in [6, 6.07) is 6.68. The van der Waals surface area contributed by atoms with Gasteiger partial charge in [-0.25, -0.2) is 0 Å². The topological polar surface area (TPSA) is 111 Å². The lowest BCUT2D eigenvalue weighted by Gasteiger charge is -2.18. The van der Waals surface area contributed by atoms with Crippen LogP contribution in [0.2, 0.25) is 0 Å². The van der Waals surface area contributed by atoms with Crippen molar-refractivity contribution in [1.29, 1.82) is 0 Å². The third-order valence-corrected chi connectivity index (χ3v) is 5.01. The average molecular weight is 533 g/mol. The van der Waals surface area contributed by atoms with Crippen molar-refractivity contribution < 1.29 is 47.8 Å². The largest absolute Gasteiger partial charge is 0.507 e. The molecular weight excluding hydrogens is 496 g/mol. The Labute approximate surface area is 223 Å². The molecule has 38 heavy (non-hydrogen) atoms. The van der Waals surface area contributed by atoms with Crippen LogP contribution in [0.4, 0.5) is 0 Å². The fourth-order valence-corrected chi connectivity index (χ4v) is 3.25. The minimum atomic E-state index is -0.482. The molecule has 2 rings (SSSR count). The summed E-state index contributed by atoms with van der Waals surface area (Å²) in [5, 5.41) is 11.2. The zero-order valence-corrected chi connectivity index (χ0v) is 22.7. The van der Waals surface area contributed by atoms with Crippen molar-refractivity contribution in [3.05, 3.63) is 58.7 Å². The lowest BCUT2D eigenvalue weighted by atomic mass is 9.99. The first-order valence-corrected chi connectivity index (χ1v) is 11.7. The van der Waals surface area contributed by atoms with Crippen LogP contribution < -0.4 is 18.9 Å². The van der Waals surface area contributed by atoms with E-state index in [9.17, 15) is 9.90 Å². The fraction of sp³-hybridized carbons (Fsp3) is 0.393. The predicted molar refractivity (Wildman–Crippen MR) is 141 cm³/mol. The van der Waals surface area contributed by atoms with Gasteiger partial charge >= 0.3 is 0 Å². The molecule has 208 valence electrons. The van der Waals surface area contributed by atoms with Crippen molar-refractivity contribution in [3.8, 4) is 28.7 Å². The first-order valence-electron chi connectivity index (χ1n) is 11.7. The number of hydrogen-bond donors (Lipinski definition) is 1. The molecule has 0 radical (unpaired) electrons. The molecule has 1 N–H and O–H groups in total. The van der Waals surface area contributed by atoms with Crippen LogP contribution >= 0.6 is 0 Å². The molecule has 0 aromatic heterocycles. The summed E-state index contributed by atoms with van der Waals surface area (Å²) in [6.07, 6.45) is 5.18. The monoisotopic (exact) mass is 532 g/mol. The van der Waals surface area contributed by atoms with E-state index >= 15 is 0 Å². The van der Waals surface area contributed by atoms with Gasteiger partial charge in [-0.2, -0.15) is 0 Å². The maximum absolute atomic E-state index is 13.4. The molecule has 0 saturated heterocycles. The Kier molecular flexibility index (Phi) is 13.2. The summed E-state index contributed by atoms with van der Waals surface area (Å²) in [7, 11) is 5.96. The molecule has 0 unspecified atom stereocenters. The molecule has 0 saturated carbocycles. The molecule has 0 aliphatic rings. The molecule has 0 amide bonds. The van der Waals surface area contributed by atoms with E-state index in [2.05, 4.69) is 0 Å². The normalized spacial score (nSPS) is 10.9. The zero-order chi connectivity index (χ0) is 27.9. The summed E-state index contributed by atoms with van der Waals surface area (Å²) in [6.45, 7) is 3.75. The number of phenols is 1. The summed E-state index contributed by atoms with van der Waals surface area (Å²) < 4.78 is 42.3. The molecule has 0 fully saturated rings. The lowest BCUT2D eigenvalue weighted by Crippen LogP contribution is -2.09. The fourth-order valence-electron chi connectivity index (χ4n) is 3.25. The van der Waals surface area contributed by atoms with E-state index in [0.717, 1.165) is 5.57 Å². The van der Waals surface area contributed by atoms with Gasteiger partial charge in [-0.05, 0) is 44.0 Å². The quantitative estimate of drug-likeness (QED) is 0.133. The Hall–Kier alpha value is -3.57. The number of aromatic hydroxyl groups is 1. The van der Waals surface area contributed by atoms with E-state index in [1.165, 1.54) is 34.5 Å². The summed E-state index contributed by atoms with van der Waals surface area (Å²) >= 11 is 0. The third kappa shape index (κ3) is 9.07. The third-order valence-electron chi connectivity index (χ3n) is 5.01. The molecule has 0 bridgehead atoms. The highest BCUT2D eigenvalue weighted by Crippen LogP contribution is 2.40. The summed E-state index contributed by atoms with van der Waals surface area (Å²) in [5.41, 5.74) is 2.10. The van der Waals surface area contributed by atoms with Crippen molar-refractivity contribution in [3.63, 3.8) is 0 Å². The van der Waals surface area contributed by atoms with Crippen molar-refractivity contribution >= 4 is 11.9 Å². The second-order valence-electron chi connectivity index (χ2n) is 8.17. The van der Waals surface area contributed by atoms with E-state index in [1.54, 1.807) is 30.3 Å². The number of benzene rings is 2. The number of phenolic OH excluding ortho intramolecular Hbond substituents is 1. The highest BCUT2D eigenvalue weighted by molar-refractivity contribution is 6.11. The van der Waals surface area contributed by atoms with Gasteiger partial charge in [-0.1, -0.05) is 23.8 Å². The van der Waals surface area contributed by atoms with Gasteiger partial charge in [0.1, 0.15) is 22.8 Å². The first-order chi connectivity index (χ1) is 18.4. The summed E-state index contributed by atoms with van der Waals surface area (Å²) in [4.78, 5) is 13.4. The molecule has 0 atom stereocenters. The second kappa shape index (κ2) is 16.3. The Balaban J connectivity index is 2.49. The smallest absolute Gasteiger partial charge is 0.193 e. The molecule has 2 aromatic carbocycles. The highest BCUT2D eigenvalue weighted by Gasteiger charge is 2.23. The number of hydrogen-bond acceptors (Lipinski definition) is 10. The molecule has 10 heteroatoms. The predicted octanol–water partition coefficient (Wildman–Crippen LogP) is 4.73. The van der Waals surface area contributed by atoms with Crippen LogP contribution in [0.3, 0.4) is 0 Å². The van der Waals surface area contributed by atoms with Gasteiger partial charge in [0.2, 0.25) is 0 Å². The second-order valence-corrected chi connectivity index (χ2v) is 8.17. The molecule has 0 spiro atoms. The van der Waals surface area contributed by atoms with E-state index in [4.69, 9.17) is 37.9 Å². The van der Waals surface area contributed by atoms with E-state index < -0.39 is 5.78 Å². The van der Waals surface area contributed by atoms with Gasteiger partial charge in [0, 0.05) is 40.1 Å². The van der Waals surface area contributed by atoms with E-state index in [-0.39, 0.29) is 44.2 Å². The van der Waals surface area contributed by atoms with Crippen LogP contribution in [0, 0.1) is 0 Å². The molecule has 0 aliphatic heterocycles. The van der Waals surface area contributed by atoms with Crippen LogP contribution in [-0.2, 0) is 25.4 Å². The number of allylic oxidation sites excluding steroid dienone is 3. The Morgan fingerprint density at radius 1 is 0.763 bits per heavy atom. The molecular formula is C28H36O10. The first kappa shape index (κ1) is 30.7. The zero-order valence-electron chi connectivity index (χ0n) is 22.7. The Morgan fingerprint density at radius 3 is 1.89 bits per heavy atom. The maximum Gasteiger partial charge on any atom is 0.193 e. The van der Waals surface area contributed by atoms with Crippen LogP contribution in [0.25, 0.3) is 6.08 Å². The van der Waals surface area contributed by atoms with Gasteiger partial charge in [0.15, 0.2) is 44.5 Å². The summed E-state index contributed by atoms with van der Waals surface area (Å²) in [5.74, 6) is 0.581. The van der Waals surface area contributed by atoms with Crippen LogP contribution in [0.1, 0.15) is 35.3 Å². The van der Waals surface area contributed by atoms with Gasteiger partial charge < -0.3 is 43.0 Å². The van der Waals surface area contributed by atoms with Gasteiger partial charge in [-0.15, -0.1) is 0 Å². The lowest BCUT2D eigenvalue weighted by molar-refractivity contribution is 0.0322. The SMILES string of the molecule is COCOc1ccc(C=CC(=O)c2c(OCOC)cc(OCOC)c(CC=C(C)C)c2O)cc1OCOC. The Morgan fingerprint density at radius 2 is 1.32 bits per heavy atom. The highest BCUT2D eigenvalue weighted by atomic mass is 16.7. The minimum absolute atomic E-state index is 0.00938. The van der Waals surface area contributed by atoms with Crippen LogP contribution in [0.15, 0.2) is 42.0 Å². The van der Waals surface area contributed by atoms with E-state index in [1.807, 2.05) is 19.9 Å². The van der Waals surface area contributed by atoms with Gasteiger partial charge in [0.05, 0.1) is 0 Å². The number of rotatable bonds is 17. The standard InChI is InChI=1S/C28H36O10/c1-19(2)7-10-21-24(36-16-32-4)14-26(38-18-34-6)27(28(21)30)22(29)11-8-20-9-12-23(35-15-31-3)25(13-20)37-17-33-5/h7-9,11-14,30H,10,15-18H2,1-6H3. The van der Waals surface area contributed by atoms with Gasteiger partial charge in [-0.3, -0.25) is 4.79 Å².